The number of hydrogen-bond donors (Lipinski definition) is 1. The Kier molecular flexibility index (Phi) is 2.70. The molecule has 0 bridgehead atoms. The maximum Gasteiger partial charge on any atom is 0.354 e. The first-order valence-electron chi connectivity index (χ1n) is 5.09. The van der Waals surface area contributed by atoms with Gasteiger partial charge in [-0.3, -0.25) is 4.68 Å². The molecule has 1 N–H and O–H groups in total. The quantitative estimate of drug-likeness (QED) is 0.816. The van der Waals surface area contributed by atoms with Gasteiger partial charge in [0.1, 0.15) is 11.9 Å². The average Bonchev–Trinajstić information content (AvgIpc) is 2.65. The van der Waals surface area contributed by atoms with Crippen molar-refractivity contribution in [1.29, 1.82) is 0 Å². The molecule has 4 nitrogen and oxygen atoms in total. The second-order valence-corrected chi connectivity index (χ2v) is 3.88. The smallest absolute Gasteiger partial charge is 0.354 e. The van der Waals surface area contributed by atoms with Gasteiger partial charge in [0, 0.05) is 12.6 Å². The van der Waals surface area contributed by atoms with Crippen molar-refractivity contribution in [3.63, 3.8) is 0 Å². The minimum atomic E-state index is -1.01. The molecule has 1 saturated carbocycles. The zero-order valence-corrected chi connectivity index (χ0v) is 8.27. The third kappa shape index (κ3) is 2.00. The van der Waals surface area contributed by atoms with E-state index in [0.717, 1.165) is 12.8 Å². The summed E-state index contributed by atoms with van der Waals surface area (Å²) in [5, 5.41) is 12.9. The van der Waals surface area contributed by atoms with Gasteiger partial charge in [0.25, 0.3) is 0 Å². The Morgan fingerprint density at radius 2 is 2.40 bits per heavy atom. The summed E-state index contributed by atoms with van der Waals surface area (Å²) < 4.78 is 14.6. The summed E-state index contributed by atoms with van der Waals surface area (Å²) >= 11 is 0. The molecule has 2 atom stereocenters. The number of nitrogens with zero attached hydrogens (tertiary/aromatic N) is 2. The molecule has 1 fully saturated rings. The molecule has 15 heavy (non-hydrogen) atoms. The molecule has 5 heteroatoms. The van der Waals surface area contributed by atoms with Gasteiger partial charge >= 0.3 is 5.97 Å². The van der Waals surface area contributed by atoms with E-state index in [-0.39, 0.29) is 11.7 Å². The van der Waals surface area contributed by atoms with Crippen molar-refractivity contribution >= 4 is 5.97 Å². The second-order valence-electron chi connectivity index (χ2n) is 3.88. The van der Waals surface area contributed by atoms with Crippen LogP contribution in [0, 0.1) is 0 Å². The second kappa shape index (κ2) is 4.00. The van der Waals surface area contributed by atoms with Crippen LogP contribution in [0.5, 0.6) is 0 Å². The van der Waals surface area contributed by atoms with Gasteiger partial charge in [-0.2, -0.15) is 5.10 Å². The van der Waals surface area contributed by atoms with Crippen LogP contribution in [0.1, 0.15) is 42.2 Å². The van der Waals surface area contributed by atoms with Crippen molar-refractivity contribution in [2.45, 2.75) is 37.9 Å². The van der Waals surface area contributed by atoms with Crippen LogP contribution in [0.25, 0.3) is 0 Å². The molecule has 0 aromatic carbocycles. The number of alkyl halides is 1. The lowest BCUT2D eigenvalue weighted by molar-refractivity contribution is 0.0674. The molecule has 0 spiro atoms. The van der Waals surface area contributed by atoms with Gasteiger partial charge < -0.3 is 5.11 Å². The highest BCUT2D eigenvalue weighted by atomic mass is 19.1. The average molecular weight is 212 g/mol. The first-order chi connectivity index (χ1) is 7.18. The molecule has 1 aromatic rings. The van der Waals surface area contributed by atoms with Crippen LogP contribution in [0.15, 0.2) is 12.3 Å². The van der Waals surface area contributed by atoms with E-state index in [4.69, 9.17) is 5.11 Å². The van der Waals surface area contributed by atoms with Crippen LogP contribution in [0.2, 0.25) is 0 Å². The Bertz CT molecular complexity index is 364. The SMILES string of the molecule is O=C(O)c1ccnn1C1CCCC(F)C1. The van der Waals surface area contributed by atoms with Crippen LogP contribution in [0.3, 0.4) is 0 Å². The number of hydrogen-bond acceptors (Lipinski definition) is 2. The van der Waals surface area contributed by atoms with E-state index in [1.165, 1.54) is 16.9 Å². The molecule has 0 saturated heterocycles. The Labute approximate surface area is 86.7 Å². The molecule has 0 radical (unpaired) electrons. The molecule has 1 aliphatic rings. The molecular weight excluding hydrogens is 199 g/mol. The maximum atomic E-state index is 13.2. The fourth-order valence-electron chi connectivity index (χ4n) is 2.10. The Morgan fingerprint density at radius 1 is 1.60 bits per heavy atom. The van der Waals surface area contributed by atoms with Gasteiger partial charge in [-0.1, -0.05) is 0 Å². The first kappa shape index (κ1) is 10.1. The molecule has 2 unspecified atom stereocenters. The summed E-state index contributed by atoms with van der Waals surface area (Å²) in [5.74, 6) is -1.01. The lowest BCUT2D eigenvalue weighted by Crippen LogP contribution is -2.23. The van der Waals surface area contributed by atoms with E-state index < -0.39 is 12.1 Å². The van der Waals surface area contributed by atoms with Crippen LogP contribution in [-0.4, -0.2) is 27.0 Å². The number of rotatable bonds is 2. The number of halogens is 1. The highest BCUT2D eigenvalue weighted by Gasteiger charge is 2.26. The minimum Gasteiger partial charge on any atom is -0.477 e. The summed E-state index contributed by atoms with van der Waals surface area (Å²) in [6.07, 6.45) is 3.19. The van der Waals surface area contributed by atoms with E-state index in [9.17, 15) is 9.18 Å². The van der Waals surface area contributed by atoms with Crippen LogP contribution in [0.4, 0.5) is 4.39 Å². The lowest BCUT2D eigenvalue weighted by atomic mass is 9.94. The molecule has 82 valence electrons. The zero-order chi connectivity index (χ0) is 10.8. The van der Waals surface area contributed by atoms with Crippen molar-refractivity contribution < 1.29 is 14.3 Å². The van der Waals surface area contributed by atoms with Crippen molar-refractivity contribution in [1.82, 2.24) is 9.78 Å². The Morgan fingerprint density at radius 3 is 3.07 bits per heavy atom. The Hall–Kier alpha value is -1.39. The molecule has 0 aliphatic heterocycles. The van der Waals surface area contributed by atoms with Gasteiger partial charge in [0.15, 0.2) is 0 Å². The predicted molar refractivity (Wildman–Crippen MR) is 51.6 cm³/mol. The minimum absolute atomic E-state index is 0.102. The number of aromatic carboxylic acids is 1. The summed E-state index contributed by atoms with van der Waals surface area (Å²) in [7, 11) is 0. The summed E-state index contributed by atoms with van der Waals surface area (Å²) in [4.78, 5) is 10.9. The molecule has 1 aromatic heterocycles. The highest BCUT2D eigenvalue weighted by molar-refractivity contribution is 5.85. The number of aromatic nitrogens is 2. The summed E-state index contributed by atoms with van der Waals surface area (Å²) in [6, 6.07) is 1.35. The molecular formula is C10H13FN2O2. The zero-order valence-electron chi connectivity index (χ0n) is 8.27. The van der Waals surface area contributed by atoms with E-state index in [0.29, 0.717) is 12.8 Å². The monoisotopic (exact) mass is 212 g/mol. The van der Waals surface area contributed by atoms with E-state index in [2.05, 4.69) is 5.10 Å². The predicted octanol–water partition coefficient (Wildman–Crippen LogP) is 2.03. The van der Waals surface area contributed by atoms with Crippen LogP contribution < -0.4 is 0 Å². The van der Waals surface area contributed by atoms with Gasteiger partial charge in [-0.15, -0.1) is 0 Å². The van der Waals surface area contributed by atoms with Gasteiger partial charge in [0.05, 0.1) is 6.04 Å². The standard InChI is InChI=1S/C10H13FN2O2/c11-7-2-1-3-8(6-7)13-9(10(14)15)4-5-12-13/h4-5,7-8H,1-3,6H2,(H,14,15). The normalized spacial score (nSPS) is 26.5. The van der Waals surface area contributed by atoms with Crippen molar-refractivity contribution in [2.75, 3.05) is 0 Å². The number of carboxylic acid groups (broad SMARTS) is 1. The van der Waals surface area contributed by atoms with Crippen LogP contribution >= 0.6 is 0 Å². The van der Waals surface area contributed by atoms with Gasteiger partial charge in [0.2, 0.25) is 0 Å². The van der Waals surface area contributed by atoms with E-state index >= 15 is 0 Å². The summed E-state index contributed by atoms with van der Waals surface area (Å²) in [5.41, 5.74) is 0.147. The lowest BCUT2D eigenvalue weighted by Gasteiger charge is -2.25. The third-order valence-corrected chi connectivity index (χ3v) is 2.82. The number of carboxylic acids is 1. The topological polar surface area (TPSA) is 55.1 Å². The van der Waals surface area contributed by atoms with E-state index in [1.807, 2.05) is 0 Å². The van der Waals surface area contributed by atoms with Gasteiger partial charge in [-0.05, 0) is 25.3 Å². The summed E-state index contributed by atoms with van der Waals surface area (Å²) in [6.45, 7) is 0. The van der Waals surface area contributed by atoms with Crippen molar-refractivity contribution in [3.05, 3.63) is 18.0 Å². The van der Waals surface area contributed by atoms with Gasteiger partial charge in [-0.25, -0.2) is 9.18 Å². The first-order valence-corrected chi connectivity index (χ1v) is 5.09. The van der Waals surface area contributed by atoms with E-state index in [1.54, 1.807) is 0 Å². The fourth-order valence-corrected chi connectivity index (χ4v) is 2.10. The van der Waals surface area contributed by atoms with Crippen molar-refractivity contribution in [2.24, 2.45) is 0 Å². The van der Waals surface area contributed by atoms with Crippen molar-refractivity contribution in [3.8, 4) is 0 Å². The fraction of sp³-hybridized carbons (Fsp3) is 0.600. The highest BCUT2D eigenvalue weighted by Crippen LogP contribution is 2.30. The van der Waals surface area contributed by atoms with Crippen LogP contribution in [-0.2, 0) is 0 Å². The largest absolute Gasteiger partial charge is 0.477 e. The molecule has 0 amide bonds. The third-order valence-electron chi connectivity index (χ3n) is 2.82. The molecule has 1 heterocycles. The Balaban J connectivity index is 2.21. The molecule has 2 rings (SSSR count). The molecule has 1 aliphatic carbocycles. The maximum absolute atomic E-state index is 13.2. The number of carbonyl (C=O) groups is 1.